The quantitative estimate of drug-likeness (QED) is 0.475. The fourth-order valence-electron chi connectivity index (χ4n) is 3.59. The maximum atomic E-state index is 13.9. The molecule has 32 heavy (non-hydrogen) atoms. The topological polar surface area (TPSA) is 54.0 Å². The van der Waals surface area contributed by atoms with Crippen molar-refractivity contribution in [2.45, 2.75) is 19.1 Å². The van der Waals surface area contributed by atoms with Crippen molar-refractivity contribution >= 4 is 5.97 Å². The molecular weight excluding hydrogens is 411 g/mol. The highest BCUT2D eigenvalue weighted by Gasteiger charge is 2.42. The Morgan fingerprint density at radius 3 is 2.38 bits per heavy atom. The Labute approximate surface area is 186 Å². The zero-order chi connectivity index (χ0) is 22.6. The summed E-state index contributed by atoms with van der Waals surface area (Å²) in [7, 11) is 1.32. The highest BCUT2D eigenvalue weighted by molar-refractivity contribution is 5.70. The van der Waals surface area contributed by atoms with E-state index in [1.54, 1.807) is 6.07 Å². The molecule has 5 nitrogen and oxygen atoms in total. The molecule has 166 valence electrons. The van der Waals surface area contributed by atoms with Crippen LogP contribution in [0.15, 0.2) is 66.7 Å². The summed E-state index contributed by atoms with van der Waals surface area (Å²) in [5.74, 6) is -0.0866. The number of methoxy groups -OCH3 is 1. The van der Waals surface area contributed by atoms with E-state index in [0.29, 0.717) is 19.0 Å². The van der Waals surface area contributed by atoms with E-state index in [1.165, 1.54) is 24.8 Å². The van der Waals surface area contributed by atoms with Gasteiger partial charge in [-0.1, -0.05) is 48.0 Å². The number of hydrogen-bond donors (Lipinski definition) is 0. The molecule has 4 rings (SSSR count). The highest BCUT2D eigenvalue weighted by atomic mass is 19.1. The molecule has 1 aliphatic heterocycles. The van der Waals surface area contributed by atoms with E-state index in [-0.39, 0.29) is 19.0 Å². The van der Waals surface area contributed by atoms with E-state index < -0.39 is 11.6 Å². The molecule has 0 unspecified atom stereocenters. The fraction of sp³-hybridized carbons (Fsp3) is 0.269. The summed E-state index contributed by atoms with van der Waals surface area (Å²) in [5.41, 5.74) is 4.12. The van der Waals surface area contributed by atoms with Crippen molar-refractivity contribution in [2.75, 3.05) is 26.9 Å². The zero-order valence-electron chi connectivity index (χ0n) is 18.1. The fourth-order valence-corrected chi connectivity index (χ4v) is 3.59. The number of aryl methyl sites for hydroxylation is 1. The summed E-state index contributed by atoms with van der Waals surface area (Å²) in [4.78, 5) is 11.4. The SMILES string of the molecule is COC(=O)COC1(c2ccc(OCc3cc(F)ccc3-c3ccc(C)cc3)cc2)COC1. The van der Waals surface area contributed by atoms with Crippen LogP contribution in [0.5, 0.6) is 5.75 Å². The summed E-state index contributed by atoms with van der Waals surface area (Å²) in [5, 5.41) is 0. The molecule has 0 saturated carbocycles. The molecule has 6 heteroatoms. The molecule has 0 aliphatic carbocycles. The van der Waals surface area contributed by atoms with Gasteiger partial charge < -0.3 is 18.9 Å². The average molecular weight is 436 g/mol. The van der Waals surface area contributed by atoms with Crippen molar-refractivity contribution in [1.82, 2.24) is 0 Å². The van der Waals surface area contributed by atoms with Crippen LogP contribution in [0.25, 0.3) is 11.1 Å². The number of halogens is 1. The molecule has 3 aromatic carbocycles. The molecule has 1 aliphatic rings. The number of carbonyl (C=O) groups excluding carboxylic acids is 1. The van der Waals surface area contributed by atoms with Crippen LogP contribution in [0.3, 0.4) is 0 Å². The van der Waals surface area contributed by atoms with E-state index >= 15 is 0 Å². The number of ether oxygens (including phenoxy) is 4. The standard InChI is InChI=1S/C26H25FO5/c1-18-3-5-19(6-4-18)24-12-9-22(27)13-20(24)14-31-23-10-7-21(8-11-23)26(16-30-17-26)32-15-25(28)29-2/h3-13H,14-17H2,1-2H3. The molecule has 0 atom stereocenters. The van der Waals surface area contributed by atoms with E-state index in [9.17, 15) is 9.18 Å². The maximum absolute atomic E-state index is 13.9. The summed E-state index contributed by atoms with van der Waals surface area (Å²) in [6, 6.07) is 20.3. The van der Waals surface area contributed by atoms with Crippen LogP contribution >= 0.6 is 0 Å². The lowest BCUT2D eigenvalue weighted by Crippen LogP contribution is -2.49. The first-order chi connectivity index (χ1) is 15.5. The summed E-state index contributed by atoms with van der Waals surface area (Å²) in [6.07, 6.45) is 0. The molecule has 0 spiro atoms. The molecule has 0 N–H and O–H groups in total. The van der Waals surface area contributed by atoms with Gasteiger partial charge in [-0.25, -0.2) is 9.18 Å². The first-order valence-corrected chi connectivity index (χ1v) is 10.4. The van der Waals surface area contributed by atoms with Gasteiger partial charge >= 0.3 is 5.97 Å². The van der Waals surface area contributed by atoms with Gasteiger partial charge in [-0.3, -0.25) is 0 Å². The average Bonchev–Trinajstić information content (AvgIpc) is 2.78. The minimum Gasteiger partial charge on any atom is -0.489 e. The smallest absolute Gasteiger partial charge is 0.331 e. The number of rotatable bonds is 8. The molecule has 1 saturated heterocycles. The third-order valence-corrected chi connectivity index (χ3v) is 5.57. The lowest BCUT2D eigenvalue weighted by atomic mass is 9.91. The van der Waals surface area contributed by atoms with Gasteiger partial charge in [0.15, 0.2) is 0 Å². The molecule has 1 fully saturated rings. The normalized spacial score (nSPS) is 14.5. The number of hydrogen-bond acceptors (Lipinski definition) is 5. The van der Waals surface area contributed by atoms with Gasteiger partial charge in [0.25, 0.3) is 0 Å². The second-order valence-corrected chi connectivity index (χ2v) is 7.83. The predicted octanol–water partition coefficient (Wildman–Crippen LogP) is 4.80. The minimum atomic E-state index is -0.659. The zero-order valence-corrected chi connectivity index (χ0v) is 18.1. The molecule has 0 aromatic heterocycles. The van der Waals surface area contributed by atoms with Crippen molar-refractivity contribution in [2.24, 2.45) is 0 Å². The Morgan fingerprint density at radius 1 is 1.03 bits per heavy atom. The molecular formula is C26H25FO5. The van der Waals surface area contributed by atoms with Crippen LogP contribution in [0.4, 0.5) is 4.39 Å². The van der Waals surface area contributed by atoms with Crippen molar-refractivity contribution in [3.05, 3.63) is 89.2 Å². The van der Waals surface area contributed by atoms with Gasteiger partial charge in [0.1, 0.15) is 30.4 Å². The lowest BCUT2D eigenvalue weighted by Gasteiger charge is -2.41. The van der Waals surface area contributed by atoms with Gasteiger partial charge in [-0.05, 0) is 53.4 Å². The number of esters is 1. The summed E-state index contributed by atoms with van der Waals surface area (Å²) < 4.78 is 35.6. The number of benzene rings is 3. The Morgan fingerprint density at radius 2 is 1.75 bits per heavy atom. The Hall–Kier alpha value is -3.22. The molecule has 3 aromatic rings. The van der Waals surface area contributed by atoms with E-state index in [4.69, 9.17) is 14.2 Å². The second kappa shape index (κ2) is 9.51. The van der Waals surface area contributed by atoms with Gasteiger partial charge in [0.2, 0.25) is 0 Å². The summed E-state index contributed by atoms with van der Waals surface area (Å²) in [6.45, 7) is 2.86. The van der Waals surface area contributed by atoms with Crippen LogP contribution in [0.1, 0.15) is 16.7 Å². The Balaban J connectivity index is 1.46. The molecule has 0 radical (unpaired) electrons. The first-order valence-electron chi connectivity index (χ1n) is 10.4. The lowest BCUT2D eigenvalue weighted by molar-refractivity contribution is -0.220. The maximum Gasteiger partial charge on any atom is 0.331 e. The molecule has 0 bridgehead atoms. The molecule has 1 heterocycles. The summed E-state index contributed by atoms with van der Waals surface area (Å²) >= 11 is 0. The molecule has 0 amide bonds. The van der Waals surface area contributed by atoms with E-state index in [1.807, 2.05) is 55.5 Å². The monoisotopic (exact) mass is 436 g/mol. The van der Waals surface area contributed by atoms with Crippen molar-refractivity contribution < 1.29 is 28.1 Å². The van der Waals surface area contributed by atoms with Crippen LogP contribution in [-0.4, -0.2) is 32.9 Å². The number of carbonyl (C=O) groups is 1. The second-order valence-electron chi connectivity index (χ2n) is 7.83. The van der Waals surface area contributed by atoms with E-state index in [0.717, 1.165) is 22.3 Å². The Kier molecular flexibility index (Phi) is 6.53. The van der Waals surface area contributed by atoms with Crippen molar-refractivity contribution in [3.8, 4) is 16.9 Å². The largest absolute Gasteiger partial charge is 0.489 e. The van der Waals surface area contributed by atoms with Gasteiger partial charge in [-0.2, -0.15) is 0 Å². The van der Waals surface area contributed by atoms with Crippen LogP contribution in [0.2, 0.25) is 0 Å². The van der Waals surface area contributed by atoms with Crippen molar-refractivity contribution in [1.29, 1.82) is 0 Å². The van der Waals surface area contributed by atoms with E-state index in [2.05, 4.69) is 4.74 Å². The Bertz CT molecular complexity index is 1070. The van der Waals surface area contributed by atoms with Gasteiger partial charge in [0, 0.05) is 0 Å². The van der Waals surface area contributed by atoms with Gasteiger partial charge in [0.05, 0.1) is 20.3 Å². The van der Waals surface area contributed by atoms with Crippen LogP contribution in [-0.2, 0) is 31.2 Å². The van der Waals surface area contributed by atoms with Crippen LogP contribution in [0, 0.1) is 12.7 Å². The van der Waals surface area contributed by atoms with Crippen LogP contribution < -0.4 is 4.74 Å². The minimum absolute atomic E-state index is 0.139. The van der Waals surface area contributed by atoms with Gasteiger partial charge in [-0.15, -0.1) is 0 Å². The van der Waals surface area contributed by atoms with Crippen molar-refractivity contribution in [3.63, 3.8) is 0 Å². The third kappa shape index (κ3) is 4.82. The predicted molar refractivity (Wildman–Crippen MR) is 118 cm³/mol. The first kappa shape index (κ1) is 22.0. The third-order valence-electron chi connectivity index (χ3n) is 5.57. The highest BCUT2D eigenvalue weighted by Crippen LogP contribution is 2.35.